The Morgan fingerprint density at radius 1 is 1.50 bits per heavy atom. The second-order valence-electron chi connectivity index (χ2n) is 5.38. The molecule has 0 aromatic rings. The van der Waals surface area contributed by atoms with Crippen LogP contribution in [0.4, 0.5) is 0 Å². The molecule has 2 unspecified atom stereocenters. The zero-order chi connectivity index (χ0) is 12.0. The first kappa shape index (κ1) is 13.9. The molecule has 0 saturated heterocycles. The molecule has 1 aliphatic carbocycles. The van der Waals surface area contributed by atoms with Gasteiger partial charge in [-0.2, -0.15) is 0 Å². The largest absolute Gasteiger partial charge is 0.394 e. The Morgan fingerprint density at radius 2 is 2.19 bits per heavy atom. The molecule has 1 aliphatic rings. The van der Waals surface area contributed by atoms with Crippen LogP contribution in [0.5, 0.6) is 0 Å². The topological polar surface area (TPSA) is 41.5 Å². The van der Waals surface area contributed by atoms with Crippen molar-refractivity contribution in [2.45, 2.75) is 70.6 Å². The average Bonchev–Trinajstić information content (AvgIpc) is 3.02. The first-order valence-electron chi connectivity index (χ1n) is 6.60. The highest BCUT2D eigenvalue weighted by molar-refractivity contribution is 4.93. The fourth-order valence-corrected chi connectivity index (χ4v) is 2.01. The third kappa shape index (κ3) is 5.28. The molecule has 0 bridgehead atoms. The SMILES string of the molecule is CCCCOC(C)CC(C)(CO)NC1CC1. The average molecular weight is 229 g/mol. The smallest absolute Gasteiger partial charge is 0.0611 e. The number of rotatable bonds is 9. The molecule has 3 nitrogen and oxygen atoms in total. The van der Waals surface area contributed by atoms with Gasteiger partial charge in [-0.1, -0.05) is 13.3 Å². The predicted octanol–water partition coefficient (Wildman–Crippen LogP) is 2.08. The number of unbranched alkanes of at least 4 members (excludes halogenated alkanes) is 1. The number of nitrogens with one attached hydrogen (secondary N) is 1. The van der Waals surface area contributed by atoms with E-state index in [4.69, 9.17) is 4.74 Å². The second-order valence-corrected chi connectivity index (χ2v) is 5.38. The van der Waals surface area contributed by atoms with Gasteiger partial charge >= 0.3 is 0 Å². The molecular formula is C13H27NO2. The second kappa shape index (κ2) is 6.58. The summed E-state index contributed by atoms with van der Waals surface area (Å²) in [4.78, 5) is 0. The first-order chi connectivity index (χ1) is 7.59. The Balaban J connectivity index is 2.23. The van der Waals surface area contributed by atoms with E-state index in [1.54, 1.807) is 0 Å². The van der Waals surface area contributed by atoms with Gasteiger partial charge in [-0.3, -0.25) is 0 Å². The van der Waals surface area contributed by atoms with Crippen LogP contribution in [0.1, 0.15) is 52.9 Å². The van der Waals surface area contributed by atoms with Crippen LogP contribution in [0.25, 0.3) is 0 Å². The summed E-state index contributed by atoms with van der Waals surface area (Å²) in [6.45, 7) is 7.37. The van der Waals surface area contributed by atoms with Gasteiger partial charge in [0.05, 0.1) is 12.7 Å². The highest BCUT2D eigenvalue weighted by Gasteiger charge is 2.33. The van der Waals surface area contributed by atoms with Crippen molar-refractivity contribution >= 4 is 0 Å². The highest BCUT2D eigenvalue weighted by Crippen LogP contribution is 2.25. The van der Waals surface area contributed by atoms with Crippen molar-refractivity contribution in [3.05, 3.63) is 0 Å². The quantitative estimate of drug-likeness (QED) is 0.595. The van der Waals surface area contributed by atoms with Gasteiger partial charge in [0, 0.05) is 18.2 Å². The maximum absolute atomic E-state index is 9.46. The molecule has 0 radical (unpaired) electrons. The lowest BCUT2D eigenvalue weighted by Crippen LogP contribution is -2.49. The van der Waals surface area contributed by atoms with Gasteiger partial charge in [0.1, 0.15) is 0 Å². The molecule has 2 N–H and O–H groups in total. The molecule has 2 atom stereocenters. The fraction of sp³-hybridized carbons (Fsp3) is 1.00. The van der Waals surface area contributed by atoms with Gasteiger partial charge in [-0.25, -0.2) is 0 Å². The minimum absolute atomic E-state index is 0.174. The van der Waals surface area contributed by atoms with E-state index in [0.29, 0.717) is 6.04 Å². The number of hydrogen-bond donors (Lipinski definition) is 2. The highest BCUT2D eigenvalue weighted by atomic mass is 16.5. The lowest BCUT2D eigenvalue weighted by atomic mass is 9.95. The molecule has 0 aromatic heterocycles. The Morgan fingerprint density at radius 3 is 2.69 bits per heavy atom. The minimum atomic E-state index is -0.174. The normalized spacial score (nSPS) is 21.8. The van der Waals surface area contributed by atoms with E-state index in [0.717, 1.165) is 19.4 Å². The summed E-state index contributed by atoms with van der Waals surface area (Å²) < 4.78 is 5.73. The van der Waals surface area contributed by atoms with Crippen LogP contribution in [-0.4, -0.2) is 36.0 Å². The number of ether oxygens (including phenoxy) is 1. The Labute approximate surface area is 99.6 Å². The van der Waals surface area contributed by atoms with Crippen LogP contribution in [0.3, 0.4) is 0 Å². The lowest BCUT2D eigenvalue weighted by molar-refractivity contribution is 0.0263. The molecule has 16 heavy (non-hydrogen) atoms. The molecule has 3 heteroatoms. The molecule has 1 fully saturated rings. The van der Waals surface area contributed by atoms with E-state index in [2.05, 4.69) is 26.1 Å². The predicted molar refractivity (Wildman–Crippen MR) is 66.6 cm³/mol. The van der Waals surface area contributed by atoms with Crippen molar-refractivity contribution in [1.82, 2.24) is 5.32 Å². The standard InChI is InChI=1S/C13H27NO2/c1-4-5-8-16-11(2)9-13(3,10-15)14-12-6-7-12/h11-12,14-15H,4-10H2,1-3H3. The van der Waals surface area contributed by atoms with E-state index < -0.39 is 0 Å². The Hall–Kier alpha value is -0.120. The summed E-state index contributed by atoms with van der Waals surface area (Å²) in [5.74, 6) is 0. The van der Waals surface area contributed by atoms with Crippen LogP contribution in [-0.2, 0) is 4.74 Å². The maximum atomic E-state index is 9.46. The van der Waals surface area contributed by atoms with Gasteiger partial charge in [0.15, 0.2) is 0 Å². The van der Waals surface area contributed by atoms with Crippen molar-refractivity contribution in [3.8, 4) is 0 Å². The third-order valence-electron chi connectivity index (χ3n) is 3.12. The first-order valence-corrected chi connectivity index (χ1v) is 6.60. The van der Waals surface area contributed by atoms with E-state index in [9.17, 15) is 5.11 Å². The lowest BCUT2D eigenvalue weighted by Gasteiger charge is -2.31. The summed E-state index contributed by atoms with van der Waals surface area (Å²) in [7, 11) is 0. The number of aliphatic hydroxyl groups is 1. The van der Waals surface area contributed by atoms with E-state index in [-0.39, 0.29) is 18.2 Å². The van der Waals surface area contributed by atoms with Crippen LogP contribution in [0, 0.1) is 0 Å². The van der Waals surface area contributed by atoms with Gasteiger partial charge < -0.3 is 15.2 Å². The van der Waals surface area contributed by atoms with Crippen LogP contribution in [0.2, 0.25) is 0 Å². The molecule has 1 rings (SSSR count). The fourth-order valence-electron chi connectivity index (χ4n) is 2.01. The van der Waals surface area contributed by atoms with Crippen molar-refractivity contribution < 1.29 is 9.84 Å². The Bertz CT molecular complexity index is 194. The third-order valence-corrected chi connectivity index (χ3v) is 3.12. The molecule has 1 saturated carbocycles. The molecule has 0 spiro atoms. The van der Waals surface area contributed by atoms with Gasteiger partial charge in [0.25, 0.3) is 0 Å². The van der Waals surface area contributed by atoms with Gasteiger partial charge in [-0.05, 0) is 39.5 Å². The van der Waals surface area contributed by atoms with Gasteiger partial charge in [-0.15, -0.1) is 0 Å². The molecule has 0 amide bonds. The number of hydrogen-bond acceptors (Lipinski definition) is 3. The van der Waals surface area contributed by atoms with Crippen LogP contribution in [0.15, 0.2) is 0 Å². The summed E-state index contributed by atoms with van der Waals surface area (Å²) in [6.07, 6.45) is 5.89. The van der Waals surface area contributed by atoms with E-state index in [1.807, 2.05) is 0 Å². The van der Waals surface area contributed by atoms with Crippen molar-refractivity contribution in [2.24, 2.45) is 0 Å². The zero-order valence-corrected chi connectivity index (χ0v) is 11.0. The van der Waals surface area contributed by atoms with Crippen molar-refractivity contribution in [3.63, 3.8) is 0 Å². The monoisotopic (exact) mass is 229 g/mol. The molecule has 96 valence electrons. The van der Waals surface area contributed by atoms with Crippen LogP contribution >= 0.6 is 0 Å². The van der Waals surface area contributed by atoms with E-state index in [1.165, 1.54) is 19.3 Å². The number of aliphatic hydroxyl groups excluding tert-OH is 1. The Kier molecular flexibility index (Phi) is 5.73. The molecule has 0 aliphatic heterocycles. The minimum Gasteiger partial charge on any atom is -0.394 e. The molecule has 0 aromatic carbocycles. The summed E-state index contributed by atoms with van der Waals surface area (Å²) in [6, 6.07) is 0.625. The van der Waals surface area contributed by atoms with E-state index >= 15 is 0 Å². The molecular weight excluding hydrogens is 202 g/mol. The van der Waals surface area contributed by atoms with Crippen LogP contribution < -0.4 is 5.32 Å². The maximum Gasteiger partial charge on any atom is 0.0611 e. The van der Waals surface area contributed by atoms with Gasteiger partial charge in [0.2, 0.25) is 0 Å². The summed E-state index contributed by atoms with van der Waals surface area (Å²) in [5.41, 5.74) is -0.174. The summed E-state index contributed by atoms with van der Waals surface area (Å²) >= 11 is 0. The summed E-state index contributed by atoms with van der Waals surface area (Å²) in [5, 5.41) is 13.0. The van der Waals surface area contributed by atoms with Crippen molar-refractivity contribution in [2.75, 3.05) is 13.2 Å². The molecule has 0 heterocycles. The van der Waals surface area contributed by atoms with Crippen molar-refractivity contribution in [1.29, 1.82) is 0 Å². The zero-order valence-electron chi connectivity index (χ0n) is 11.0.